The summed E-state index contributed by atoms with van der Waals surface area (Å²) in [6.07, 6.45) is 0.966. The van der Waals surface area contributed by atoms with Gasteiger partial charge in [0.15, 0.2) is 0 Å². The Morgan fingerprint density at radius 2 is 1.95 bits per heavy atom. The Morgan fingerprint density at radius 3 is 2.68 bits per heavy atom. The lowest BCUT2D eigenvalue weighted by Crippen LogP contribution is -1.96. The maximum atomic E-state index is 4.54. The summed E-state index contributed by atoms with van der Waals surface area (Å²) in [4.78, 5) is 4.83. The molecule has 0 fully saturated rings. The summed E-state index contributed by atoms with van der Waals surface area (Å²) < 4.78 is 0. The van der Waals surface area contributed by atoms with E-state index >= 15 is 0 Å². The molecule has 2 aromatic carbocycles. The van der Waals surface area contributed by atoms with Crippen molar-refractivity contribution in [2.24, 2.45) is 0 Å². The van der Waals surface area contributed by atoms with Crippen molar-refractivity contribution in [1.29, 1.82) is 0 Å². The van der Waals surface area contributed by atoms with Crippen LogP contribution in [0.3, 0.4) is 0 Å². The van der Waals surface area contributed by atoms with E-state index in [1.165, 1.54) is 16.3 Å². The van der Waals surface area contributed by atoms with Gasteiger partial charge >= 0.3 is 0 Å². The highest BCUT2D eigenvalue weighted by Gasteiger charge is 2.11. The zero-order valence-corrected chi connectivity index (χ0v) is 13.0. The molecule has 0 N–H and O–H groups in total. The van der Waals surface area contributed by atoms with Crippen LogP contribution in [0, 0.1) is 6.92 Å². The largest absolute Gasteiger partial charge is 0.245 e. The van der Waals surface area contributed by atoms with Crippen LogP contribution >= 0.6 is 27.3 Å². The summed E-state index contributed by atoms with van der Waals surface area (Å²) in [5.74, 6) is 0. The van der Waals surface area contributed by atoms with Crippen molar-refractivity contribution in [2.45, 2.75) is 18.2 Å². The lowest BCUT2D eigenvalue weighted by molar-refractivity contribution is 0.911. The van der Waals surface area contributed by atoms with Gasteiger partial charge in [0.1, 0.15) is 0 Å². The first-order chi connectivity index (χ1) is 9.22. The number of aryl methyl sites for hydroxylation is 1. The summed E-state index contributed by atoms with van der Waals surface area (Å²) in [5, 5.41) is 5.85. The van der Waals surface area contributed by atoms with E-state index < -0.39 is 0 Å². The molecule has 0 saturated carbocycles. The van der Waals surface area contributed by atoms with Gasteiger partial charge in [0.25, 0.3) is 0 Å². The van der Waals surface area contributed by atoms with E-state index in [-0.39, 0.29) is 0 Å². The Labute approximate surface area is 125 Å². The Hall–Kier alpha value is -1.19. The first-order valence-electron chi connectivity index (χ1n) is 6.26. The van der Waals surface area contributed by atoms with Gasteiger partial charge in [-0.05, 0) is 29.7 Å². The molecule has 0 aliphatic heterocycles. The second kappa shape index (κ2) is 5.43. The number of thiazole rings is 1. The van der Waals surface area contributed by atoms with E-state index in [0.29, 0.717) is 4.83 Å². The van der Waals surface area contributed by atoms with Gasteiger partial charge in [0.2, 0.25) is 0 Å². The molecule has 0 saturated heterocycles. The van der Waals surface area contributed by atoms with Crippen molar-refractivity contribution in [2.75, 3.05) is 0 Å². The Balaban J connectivity index is 1.84. The molecule has 1 nitrogen and oxygen atoms in total. The smallest absolute Gasteiger partial charge is 0.0897 e. The number of alkyl halides is 1. The number of nitrogens with zero attached hydrogens (tertiary/aromatic N) is 1. The molecular formula is C16H14BrNS. The van der Waals surface area contributed by atoms with Gasteiger partial charge in [-0.3, -0.25) is 0 Å². The quantitative estimate of drug-likeness (QED) is 0.594. The van der Waals surface area contributed by atoms with Gasteiger partial charge in [-0.2, -0.15) is 0 Å². The third kappa shape index (κ3) is 2.88. The Kier molecular flexibility index (Phi) is 3.67. The Morgan fingerprint density at radius 1 is 1.16 bits per heavy atom. The minimum Gasteiger partial charge on any atom is -0.245 e. The number of rotatable bonds is 3. The average Bonchev–Trinajstić information content (AvgIpc) is 2.85. The van der Waals surface area contributed by atoms with Crippen LogP contribution < -0.4 is 0 Å². The molecule has 1 heterocycles. The van der Waals surface area contributed by atoms with Crippen molar-refractivity contribution in [1.82, 2.24) is 4.98 Å². The first kappa shape index (κ1) is 12.8. The SMILES string of the molecule is Cc1nc(C(Br)Cc2ccc3ccccc3c2)cs1. The minimum atomic E-state index is 0.290. The van der Waals surface area contributed by atoms with Crippen molar-refractivity contribution < 1.29 is 0 Å². The molecule has 1 aromatic heterocycles. The van der Waals surface area contributed by atoms with Crippen LogP contribution in [0.5, 0.6) is 0 Å². The molecule has 0 radical (unpaired) electrons. The fourth-order valence-corrected chi connectivity index (χ4v) is 3.65. The molecule has 19 heavy (non-hydrogen) atoms. The van der Waals surface area contributed by atoms with Crippen molar-refractivity contribution in [3.8, 4) is 0 Å². The third-order valence-corrected chi connectivity index (χ3v) is 4.77. The topological polar surface area (TPSA) is 12.9 Å². The molecule has 0 spiro atoms. The molecule has 1 unspecified atom stereocenters. The fraction of sp³-hybridized carbons (Fsp3) is 0.188. The van der Waals surface area contributed by atoms with Gasteiger partial charge in [-0.25, -0.2) is 4.98 Å². The van der Waals surface area contributed by atoms with E-state index in [2.05, 4.69) is 68.8 Å². The monoisotopic (exact) mass is 331 g/mol. The summed E-state index contributed by atoms with van der Waals surface area (Å²) in [6.45, 7) is 2.05. The van der Waals surface area contributed by atoms with E-state index in [0.717, 1.165) is 17.1 Å². The van der Waals surface area contributed by atoms with Crippen LogP contribution in [-0.4, -0.2) is 4.98 Å². The summed E-state index contributed by atoms with van der Waals surface area (Å²) in [7, 11) is 0. The minimum absolute atomic E-state index is 0.290. The number of halogens is 1. The van der Waals surface area contributed by atoms with Crippen molar-refractivity contribution >= 4 is 38.0 Å². The van der Waals surface area contributed by atoms with E-state index in [9.17, 15) is 0 Å². The summed E-state index contributed by atoms with van der Waals surface area (Å²) >= 11 is 5.45. The van der Waals surface area contributed by atoms with E-state index in [4.69, 9.17) is 0 Å². The molecule has 96 valence electrons. The van der Waals surface area contributed by atoms with Crippen LogP contribution in [0.4, 0.5) is 0 Å². The van der Waals surface area contributed by atoms with Crippen molar-refractivity contribution in [3.05, 3.63) is 64.1 Å². The molecule has 0 bridgehead atoms. The van der Waals surface area contributed by atoms with Crippen LogP contribution in [0.2, 0.25) is 0 Å². The maximum Gasteiger partial charge on any atom is 0.0897 e. The molecule has 0 amide bonds. The zero-order chi connectivity index (χ0) is 13.2. The number of benzene rings is 2. The second-order valence-corrected chi connectivity index (χ2v) is 6.81. The number of fused-ring (bicyclic) bond motifs is 1. The molecule has 3 heteroatoms. The maximum absolute atomic E-state index is 4.54. The van der Waals surface area contributed by atoms with Crippen LogP contribution in [0.15, 0.2) is 47.8 Å². The standard InChI is InChI=1S/C16H14BrNS/c1-11-18-16(10-19-11)15(17)9-12-6-7-13-4-2-3-5-14(13)8-12/h2-8,10,15H,9H2,1H3. The third-order valence-electron chi connectivity index (χ3n) is 3.19. The highest BCUT2D eigenvalue weighted by atomic mass is 79.9. The van der Waals surface area contributed by atoms with Gasteiger partial charge in [-0.15, -0.1) is 11.3 Å². The Bertz CT molecular complexity index is 705. The van der Waals surface area contributed by atoms with E-state index in [1.54, 1.807) is 11.3 Å². The summed E-state index contributed by atoms with van der Waals surface area (Å²) in [6, 6.07) is 15.1. The van der Waals surface area contributed by atoms with Crippen LogP contribution in [-0.2, 0) is 6.42 Å². The summed E-state index contributed by atoms with van der Waals surface area (Å²) in [5.41, 5.74) is 2.47. The van der Waals surface area contributed by atoms with Crippen LogP contribution in [0.25, 0.3) is 10.8 Å². The number of hydrogen-bond acceptors (Lipinski definition) is 2. The lowest BCUT2D eigenvalue weighted by Gasteiger charge is -2.08. The molecule has 3 aromatic rings. The van der Waals surface area contributed by atoms with Crippen LogP contribution in [0.1, 0.15) is 21.1 Å². The predicted octanol–water partition coefficient (Wildman–Crippen LogP) is 5.28. The van der Waals surface area contributed by atoms with Gasteiger partial charge in [0.05, 0.1) is 15.5 Å². The first-order valence-corrected chi connectivity index (χ1v) is 8.06. The number of aromatic nitrogens is 1. The second-order valence-electron chi connectivity index (χ2n) is 4.64. The molecular weight excluding hydrogens is 318 g/mol. The average molecular weight is 332 g/mol. The highest BCUT2D eigenvalue weighted by Crippen LogP contribution is 2.29. The molecule has 3 rings (SSSR count). The molecule has 0 aliphatic rings. The molecule has 1 atom stereocenters. The predicted molar refractivity (Wildman–Crippen MR) is 86.2 cm³/mol. The van der Waals surface area contributed by atoms with Gasteiger partial charge < -0.3 is 0 Å². The highest BCUT2D eigenvalue weighted by molar-refractivity contribution is 9.09. The lowest BCUT2D eigenvalue weighted by atomic mass is 10.0. The zero-order valence-electron chi connectivity index (χ0n) is 10.6. The van der Waals surface area contributed by atoms with Crippen molar-refractivity contribution in [3.63, 3.8) is 0 Å². The number of hydrogen-bond donors (Lipinski definition) is 0. The van der Waals surface area contributed by atoms with Gasteiger partial charge in [0, 0.05) is 5.38 Å². The van der Waals surface area contributed by atoms with Gasteiger partial charge in [-0.1, -0.05) is 58.4 Å². The van der Waals surface area contributed by atoms with E-state index in [1.807, 2.05) is 6.92 Å². The normalized spacial score (nSPS) is 12.7. The fourth-order valence-electron chi connectivity index (χ4n) is 2.20. The molecule has 0 aliphatic carbocycles.